The molecule has 0 heterocycles. The van der Waals surface area contributed by atoms with Crippen LogP contribution in [0.1, 0.15) is 29.6 Å². The van der Waals surface area contributed by atoms with Gasteiger partial charge in [-0.2, -0.15) is 0 Å². The molecule has 0 bridgehead atoms. The largest absolute Gasteiger partial charge is 0.481 e. The van der Waals surface area contributed by atoms with Crippen molar-refractivity contribution >= 4 is 46.6 Å². The van der Waals surface area contributed by atoms with Gasteiger partial charge in [0.15, 0.2) is 5.78 Å². The first-order valence-electron chi connectivity index (χ1n) is 5.81. The highest BCUT2D eigenvalue weighted by Gasteiger charge is 2.35. The fourth-order valence-electron chi connectivity index (χ4n) is 2.43. The first-order valence-corrected chi connectivity index (χ1v) is 6.95. The highest BCUT2D eigenvalue weighted by molar-refractivity contribution is 6.42. The number of carbonyl (C=O) groups is 2. The van der Waals surface area contributed by atoms with Gasteiger partial charge in [0, 0.05) is 10.9 Å². The topological polar surface area (TPSA) is 54.4 Å². The molecule has 1 saturated carbocycles. The number of ketones is 1. The molecule has 0 spiro atoms. The van der Waals surface area contributed by atoms with E-state index in [-0.39, 0.29) is 27.3 Å². The molecule has 1 fully saturated rings. The van der Waals surface area contributed by atoms with E-state index < -0.39 is 11.9 Å². The Hall–Kier alpha value is -0.770. The summed E-state index contributed by atoms with van der Waals surface area (Å²) in [6, 6.07) is 2.93. The first kappa shape index (κ1) is 14.6. The van der Waals surface area contributed by atoms with Gasteiger partial charge in [-0.15, -0.1) is 0 Å². The van der Waals surface area contributed by atoms with Gasteiger partial charge in [0.2, 0.25) is 0 Å². The molecule has 3 nitrogen and oxygen atoms in total. The van der Waals surface area contributed by atoms with E-state index in [0.29, 0.717) is 24.3 Å². The third-order valence-corrected chi connectivity index (χ3v) is 4.22. The Kier molecular flexibility index (Phi) is 4.39. The number of Topliss-reactive ketones (excluding diaryl/α,β-unsaturated/α-hetero) is 1. The lowest BCUT2D eigenvalue weighted by Crippen LogP contribution is -2.15. The van der Waals surface area contributed by atoms with Crippen molar-refractivity contribution in [3.63, 3.8) is 0 Å². The molecule has 1 aromatic rings. The van der Waals surface area contributed by atoms with Crippen molar-refractivity contribution in [2.24, 2.45) is 11.8 Å². The van der Waals surface area contributed by atoms with Crippen LogP contribution in [0.15, 0.2) is 12.1 Å². The average molecular weight is 322 g/mol. The molecule has 1 aliphatic carbocycles. The molecule has 102 valence electrons. The second-order valence-corrected chi connectivity index (χ2v) is 5.90. The van der Waals surface area contributed by atoms with Crippen LogP contribution >= 0.6 is 34.8 Å². The van der Waals surface area contributed by atoms with E-state index in [1.54, 1.807) is 0 Å². The van der Waals surface area contributed by atoms with E-state index in [0.717, 1.165) is 0 Å². The van der Waals surface area contributed by atoms with Crippen molar-refractivity contribution < 1.29 is 14.7 Å². The lowest BCUT2D eigenvalue weighted by molar-refractivity contribution is -0.141. The number of halogens is 3. The number of aliphatic carboxylic acids is 1. The van der Waals surface area contributed by atoms with Gasteiger partial charge < -0.3 is 5.11 Å². The molecule has 0 radical (unpaired) electrons. The minimum Gasteiger partial charge on any atom is -0.481 e. The van der Waals surface area contributed by atoms with Crippen LogP contribution in [0.3, 0.4) is 0 Å². The lowest BCUT2D eigenvalue weighted by Gasteiger charge is -2.12. The summed E-state index contributed by atoms with van der Waals surface area (Å²) in [5.74, 6) is -1.85. The number of carbonyl (C=O) groups excluding carboxylic acids is 1. The Morgan fingerprint density at radius 2 is 1.58 bits per heavy atom. The lowest BCUT2D eigenvalue weighted by atomic mass is 9.95. The predicted molar refractivity (Wildman–Crippen MR) is 74.3 cm³/mol. The zero-order valence-electron chi connectivity index (χ0n) is 9.83. The third kappa shape index (κ3) is 3.04. The van der Waals surface area contributed by atoms with Crippen molar-refractivity contribution in [1.82, 2.24) is 0 Å². The number of carboxylic acids is 1. The smallest absolute Gasteiger partial charge is 0.306 e. The maximum Gasteiger partial charge on any atom is 0.306 e. The molecule has 1 aliphatic rings. The normalized spacial score (nSPS) is 22.5. The van der Waals surface area contributed by atoms with Gasteiger partial charge in [-0.25, -0.2) is 0 Å². The number of hydrogen-bond acceptors (Lipinski definition) is 2. The molecule has 0 saturated heterocycles. The Morgan fingerprint density at radius 3 is 2.05 bits per heavy atom. The zero-order chi connectivity index (χ0) is 14.2. The Morgan fingerprint density at radius 1 is 1.05 bits per heavy atom. The van der Waals surface area contributed by atoms with Gasteiger partial charge in [0.1, 0.15) is 0 Å². The molecule has 19 heavy (non-hydrogen) atoms. The number of carboxylic acid groups (broad SMARTS) is 1. The van der Waals surface area contributed by atoms with Crippen LogP contribution in [-0.2, 0) is 4.79 Å². The predicted octanol–water partition coefficient (Wildman–Crippen LogP) is 4.33. The quantitative estimate of drug-likeness (QED) is 0.843. The summed E-state index contributed by atoms with van der Waals surface area (Å²) in [5.41, 5.74) is 0.240. The molecule has 2 unspecified atom stereocenters. The minimum atomic E-state index is -0.858. The van der Waals surface area contributed by atoms with E-state index in [9.17, 15) is 9.59 Å². The SMILES string of the molecule is O=C(O)C1CCC(C(=O)c2c(Cl)cc(Cl)cc2Cl)C1. The molecule has 6 heteroatoms. The van der Waals surface area contributed by atoms with E-state index >= 15 is 0 Å². The standard InChI is InChI=1S/C13H11Cl3O3/c14-8-4-9(15)11(10(16)5-8)12(17)6-1-2-7(3-6)13(18)19/h4-7H,1-3H2,(H,18,19). The second kappa shape index (κ2) is 5.70. The maximum absolute atomic E-state index is 12.4. The molecular formula is C13H11Cl3O3. The van der Waals surface area contributed by atoms with Gasteiger partial charge in [0.25, 0.3) is 0 Å². The number of hydrogen-bond donors (Lipinski definition) is 1. The molecule has 0 aliphatic heterocycles. The summed E-state index contributed by atoms with van der Waals surface area (Å²) in [6.45, 7) is 0. The zero-order valence-corrected chi connectivity index (χ0v) is 12.1. The summed E-state index contributed by atoms with van der Waals surface area (Å²) in [4.78, 5) is 23.3. The molecule has 0 amide bonds. The van der Waals surface area contributed by atoms with E-state index in [1.165, 1.54) is 12.1 Å². The minimum absolute atomic E-state index is 0.199. The van der Waals surface area contributed by atoms with Crippen LogP contribution in [0.2, 0.25) is 15.1 Å². The van der Waals surface area contributed by atoms with Crippen LogP contribution in [0, 0.1) is 11.8 Å². The van der Waals surface area contributed by atoms with Gasteiger partial charge in [-0.3, -0.25) is 9.59 Å². The van der Waals surface area contributed by atoms with E-state index in [1.807, 2.05) is 0 Å². The van der Waals surface area contributed by atoms with E-state index in [4.69, 9.17) is 39.9 Å². The molecule has 2 rings (SSSR count). The molecule has 1 aromatic carbocycles. The monoisotopic (exact) mass is 320 g/mol. The van der Waals surface area contributed by atoms with Crippen molar-refractivity contribution in [2.75, 3.05) is 0 Å². The number of rotatable bonds is 3. The van der Waals surface area contributed by atoms with Crippen molar-refractivity contribution in [1.29, 1.82) is 0 Å². The van der Waals surface area contributed by atoms with Crippen molar-refractivity contribution in [3.8, 4) is 0 Å². The molecular weight excluding hydrogens is 310 g/mol. The van der Waals surface area contributed by atoms with Crippen molar-refractivity contribution in [3.05, 3.63) is 32.8 Å². The summed E-state index contributed by atoms with van der Waals surface area (Å²) in [5, 5.41) is 9.73. The first-order chi connectivity index (χ1) is 8.90. The summed E-state index contributed by atoms with van der Waals surface area (Å²) >= 11 is 17.8. The highest BCUT2D eigenvalue weighted by atomic mass is 35.5. The van der Waals surface area contributed by atoms with Gasteiger partial charge in [-0.05, 0) is 31.4 Å². The third-order valence-electron chi connectivity index (χ3n) is 3.41. The summed E-state index contributed by atoms with van der Waals surface area (Å²) in [7, 11) is 0. The van der Waals surface area contributed by atoms with Crippen LogP contribution < -0.4 is 0 Å². The van der Waals surface area contributed by atoms with Gasteiger partial charge in [0.05, 0.1) is 21.5 Å². The fraction of sp³-hybridized carbons (Fsp3) is 0.385. The molecule has 0 aromatic heterocycles. The maximum atomic E-state index is 12.4. The average Bonchev–Trinajstić information content (AvgIpc) is 2.76. The molecule has 1 N–H and O–H groups in total. The van der Waals surface area contributed by atoms with Crippen LogP contribution in [0.25, 0.3) is 0 Å². The van der Waals surface area contributed by atoms with Crippen LogP contribution in [0.4, 0.5) is 0 Å². The highest BCUT2D eigenvalue weighted by Crippen LogP contribution is 2.37. The van der Waals surface area contributed by atoms with E-state index in [2.05, 4.69) is 0 Å². The van der Waals surface area contributed by atoms with Crippen LogP contribution in [0.5, 0.6) is 0 Å². The van der Waals surface area contributed by atoms with Crippen molar-refractivity contribution in [2.45, 2.75) is 19.3 Å². The fourth-order valence-corrected chi connectivity index (χ4v) is 3.43. The molecule has 2 atom stereocenters. The summed E-state index contributed by atoms with van der Waals surface area (Å²) in [6.07, 6.45) is 1.39. The Bertz CT molecular complexity index is 519. The second-order valence-electron chi connectivity index (χ2n) is 4.65. The van der Waals surface area contributed by atoms with Gasteiger partial charge in [-0.1, -0.05) is 34.8 Å². The van der Waals surface area contributed by atoms with Crippen LogP contribution in [-0.4, -0.2) is 16.9 Å². The summed E-state index contributed by atoms with van der Waals surface area (Å²) < 4.78 is 0. The van der Waals surface area contributed by atoms with Gasteiger partial charge >= 0.3 is 5.97 Å². The number of benzene rings is 1. The Labute approximate surface area is 125 Å². The Balaban J connectivity index is 2.24.